The fraction of sp³-hybridized carbons (Fsp3) is 0.526. The molecular weight excluding hydrogens is 332 g/mol. The average molecular weight is 358 g/mol. The Hall–Kier alpha value is -2.57. The maximum Gasteiger partial charge on any atom is 0.345 e. The van der Waals surface area contributed by atoms with E-state index in [2.05, 4.69) is 5.10 Å². The molecule has 0 saturated carbocycles. The minimum absolute atomic E-state index is 0.0721. The lowest BCUT2D eigenvalue weighted by molar-refractivity contribution is -0.131. The lowest BCUT2D eigenvalue weighted by Gasteiger charge is -2.31. The number of aryl methyl sites for hydroxylation is 1. The summed E-state index contributed by atoms with van der Waals surface area (Å²) < 4.78 is 8.47. The largest absolute Gasteiger partial charge is 0.496 e. The summed E-state index contributed by atoms with van der Waals surface area (Å²) >= 11 is 0. The summed E-state index contributed by atoms with van der Waals surface area (Å²) in [7, 11) is 3.30. The molecular formula is C19H26N4O3. The number of hydrogen-bond donors (Lipinski definition) is 0. The first-order valence-corrected chi connectivity index (χ1v) is 9.08. The van der Waals surface area contributed by atoms with Gasteiger partial charge in [-0.15, -0.1) is 0 Å². The highest BCUT2D eigenvalue weighted by Crippen LogP contribution is 2.27. The van der Waals surface area contributed by atoms with Gasteiger partial charge < -0.3 is 9.64 Å². The van der Waals surface area contributed by atoms with E-state index < -0.39 is 0 Å². The van der Waals surface area contributed by atoms with Crippen molar-refractivity contribution in [3.63, 3.8) is 0 Å². The van der Waals surface area contributed by atoms with Gasteiger partial charge >= 0.3 is 5.69 Å². The van der Waals surface area contributed by atoms with Crippen molar-refractivity contribution in [3.8, 4) is 5.75 Å². The van der Waals surface area contributed by atoms with Gasteiger partial charge in [0.25, 0.3) is 0 Å². The van der Waals surface area contributed by atoms with Crippen LogP contribution in [-0.2, 0) is 24.8 Å². The fourth-order valence-electron chi connectivity index (χ4n) is 3.63. The van der Waals surface area contributed by atoms with E-state index in [1.165, 1.54) is 4.68 Å². The molecule has 1 aliphatic rings. The molecule has 0 N–H and O–H groups in total. The van der Waals surface area contributed by atoms with Crippen molar-refractivity contribution in [3.05, 3.63) is 46.1 Å². The maximum atomic E-state index is 12.7. The molecule has 0 radical (unpaired) electrons. The van der Waals surface area contributed by atoms with Crippen molar-refractivity contribution in [2.75, 3.05) is 20.2 Å². The van der Waals surface area contributed by atoms with Gasteiger partial charge in [-0.2, -0.15) is 5.10 Å². The van der Waals surface area contributed by atoms with Crippen LogP contribution in [-0.4, -0.2) is 45.4 Å². The second-order valence-corrected chi connectivity index (χ2v) is 6.65. The first-order valence-electron chi connectivity index (χ1n) is 9.08. The number of benzene rings is 1. The number of hydrogen-bond acceptors (Lipinski definition) is 4. The highest BCUT2D eigenvalue weighted by Gasteiger charge is 2.28. The number of amides is 1. The molecule has 2 aromatic rings. The van der Waals surface area contributed by atoms with Gasteiger partial charge in [0, 0.05) is 38.2 Å². The third-order valence-electron chi connectivity index (χ3n) is 5.10. The molecule has 0 spiro atoms. The molecule has 7 heteroatoms. The lowest BCUT2D eigenvalue weighted by atomic mass is 9.95. The molecule has 0 unspecified atom stereocenters. The zero-order valence-electron chi connectivity index (χ0n) is 15.6. The van der Waals surface area contributed by atoms with Crippen LogP contribution in [0.5, 0.6) is 5.75 Å². The average Bonchev–Trinajstić information content (AvgIpc) is 2.96. The quantitative estimate of drug-likeness (QED) is 0.813. The molecule has 0 atom stereocenters. The van der Waals surface area contributed by atoms with Crippen molar-refractivity contribution in [2.24, 2.45) is 7.05 Å². The van der Waals surface area contributed by atoms with Crippen LogP contribution < -0.4 is 10.4 Å². The Balaban J connectivity index is 1.64. The van der Waals surface area contributed by atoms with Crippen LogP contribution in [0.4, 0.5) is 0 Å². The third-order valence-corrected chi connectivity index (χ3v) is 5.10. The number of carbonyl (C=O) groups excluding carboxylic acids is 1. The summed E-state index contributed by atoms with van der Waals surface area (Å²) in [4.78, 5) is 26.6. The summed E-state index contributed by atoms with van der Waals surface area (Å²) in [6, 6.07) is 7.62. The van der Waals surface area contributed by atoms with Crippen LogP contribution in [0.1, 0.15) is 37.1 Å². The minimum Gasteiger partial charge on any atom is -0.496 e. The molecule has 3 rings (SSSR count). The second-order valence-electron chi connectivity index (χ2n) is 6.65. The summed E-state index contributed by atoms with van der Waals surface area (Å²) in [5.74, 6) is 1.93. The van der Waals surface area contributed by atoms with E-state index in [4.69, 9.17) is 4.74 Å². The predicted molar refractivity (Wildman–Crippen MR) is 98.4 cm³/mol. The summed E-state index contributed by atoms with van der Waals surface area (Å²) in [6.07, 6.45) is 2.00. The molecule has 0 aliphatic carbocycles. The van der Waals surface area contributed by atoms with Gasteiger partial charge in [-0.05, 0) is 25.8 Å². The predicted octanol–water partition coefficient (Wildman–Crippen LogP) is 1.56. The lowest BCUT2D eigenvalue weighted by Crippen LogP contribution is -2.39. The molecule has 1 saturated heterocycles. The number of carbonyl (C=O) groups is 1. The molecule has 1 fully saturated rings. The van der Waals surface area contributed by atoms with E-state index in [-0.39, 0.29) is 17.5 Å². The molecule has 1 aromatic carbocycles. The molecule has 0 bridgehead atoms. The van der Waals surface area contributed by atoms with Crippen molar-refractivity contribution in [2.45, 2.75) is 38.6 Å². The topological polar surface area (TPSA) is 69.4 Å². The standard InChI is InChI=1S/C19H26N4O3/c1-4-23-18(20-21(2)19(23)25)14-9-11-22(12-10-14)17(24)13-15-7-5-6-8-16(15)26-3/h5-8,14H,4,9-13H2,1-3H3. The molecule has 2 heterocycles. The maximum absolute atomic E-state index is 12.7. The number of aromatic nitrogens is 3. The SMILES string of the molecule is CCn1c(C2CCN(C(=O)Cc3ccccc3OC)CC2)nn(C)c1=O. The molecule has 1 aliphatic heterocycles. The Bertz CT molecular complexity index is 832. The van der Waals surface area contributed by atoms with Gasteiger partial charge in [0.2, 0.25) is 5.91 Å². The van der Waals surface area contributed by atoms with Gasteiger partial charge in [-0.25, -0.2) is 9.48 Å². The van der Waals surface area contributed by atoms with E-state index in [1.54, 1.807) is 18.7 Å². The van der Waals surface area contributed by atoms with Crippen molar-refractivity contribution in [1.29, 1.82) is 0 Å². The van der Waals surface area contributed by atoms with E-state index in [0.717, 1.165) is 30.0 Å². The molecule has 26 heavy (non-hydrogen) atoms. The highest BCUT2D eigenvalue weighted by molar-refractivity contribution is 5.79. The zero-order chi connectivity index (χ0) is 18.7. The van der Waals surface area contributed by atoms with Gasteiger partial charge in [-0.3, -0.25) is 9.36 Å². The fourth-order valence-corrected chi connectivity index (χ4v) is 3.63. The smallest absolute Gasteiger partial charge is 0.345 e. The monoisotopic (exact) mass is 358 g/mol. The Morgan fingerprint density at radius 2 is 1.96 bits per heavy atom. The Labute approximate surface area is 153 Å². The first-order chi connectivity index (χ1) is 12.5. The number of methoxy groups -OCH3 is 1. The van der Waals surface area contributed by atoms with E-state index in [0.29, 0.717) is 26.1 Å². The van der Waals surface area contributed by atoms with Gasteiger partial charge in [0.15, 0.2) is 0 Å². The zero-order valence-corrected chi connectivity index (χ0v) is 15.6. The number of nitrogens with zero attached hydrogens (tertiary/aromatic N) is 4. The van der Waals surface area contributed by atoms with Crippen molar-refractivity contribution in [1.82, 2.24) is 19.2 Å². The number of ether oxygens (including phenoxy) is 1. The van der Waals surface area contributed by atoms with Gasteiger partial charge in [-0.1, -0.05) is 18.2 Å². The van der Waals surface area contributed by atoms with Crippen LogP contribution in [0.3, 0.4) is 0 Å². The minimum atomic E-state index is -0.0721. The second kappa shape index (κ2) is 7.76. The number of rotatable bonds is 5. The van der Waals surface area contributed by atoms with Crippen LogP contribution in [0.15, 0.2) is 29.1 Å². The number of piperidine rings is 1. The first kappa shape index (κ1) is 18.2. The van der Waals surface area contributed by atoms with Crippen molar-refractivity contribution < 1.29 is 9.53 Å². The summed E-state index contributed by atoms with van der Waals surface area (Å²) in [5.41, 5.74) is 0.837. The third kappa shape index (κ3) is 3.52. The molecule has 1 aromatic heterocycles. The van der Waals surface area contributed by atoms with Crippen LogP contribution in [0.25, 0.3) is 0 Å². The number of likely N-dealkylation sites (tertiary alicyclic amines) is 1. The Kier molecular flexibility index (Phi) is 5.44. The van der Waals surface area contributed by atoms with Gasteiger partial charge in [0.1, 0.15) is 11.6 Å². The Morgan fingerprint density at radius 1 is 1.27 bits per heavy atom. The Morgan fingerprint density at radius 3 is 2.62 bits per heavy atom. The van der Waals surface area contributed by atoms with Crippen molar-refractivity contribution >= 4 is 5.91 Å². The van der Waals surface area contributed by atoms with Gasteiger partial charge in [0.05, 0.1) is 13.5 Å². The normalized spacial score (nSPS) is 15.3. The van der Waals surface area contributed by atoms with E-state index in [9.17, 15) is 9.59 Å². The molecule has 140 valence electrons. The number of para-hydroxylation sites is 1. The summed E-state index contributed by atoms with van der Waals surface area (Å²) in [5, 5.41) is 4.41. The van der Waals surface area contributed by atoms with E-state index >= 15 is 0 Å². The van der Waals surface area contributed by atoms with Crippen LogP contribution >= 0.6 is 0 Å². The molecule has 1 amide bonds. The summed E-state index contributed by atoms with van der Waals surface area (Å²) in [6.45, 7) is 3.95. The van der Waals surface area contributed by atoms with Crippen LogP contribution in [0, 0.1) is 0 Å². The van der Waals surface area contributed by atoms with Crippen LogP contribution in [0.2, 0.25) is 0 Å². The van der Waals surface area contributed by atoms with E-state index in [1.807, 2.05) is 36.1 Å². The molecule has 7 nitrogen and oxygen atoms in total. The highest BCUT2D eigenvalue weighted by atomic mass is 16.5.